The van der Waals surface area contributed by atoms with Gasteiger partial charge in [-0.2, -0.15) is 4.37 Å². The second-order valence-corrected chi connectivity index (χ2v) is 5.24. The van der Waals surface area contributed by atoms with Gasteiger partial charge in [0, 0.05) is 5.39 Å². The standard InChI is InChI=1S/C15H10F3NO2S/c16-15(17,18)21-11-7-5-10(6-8-11)20-9-13-12-3-1-2-4-14(12)22-19-13/h1-8H,9H2. The van der Waals surface area contributed by atoms with Gasteiger partial charge in [0.25, 0.3) is 0 Å². The summed E-state index contributed by atoms with van der Waals surface area (Å²) < 4.78 is 50.9. The number of benzene rings is 2. The van der Waals surface area contributed by atoms with Gasteiger partial charge in [-0.1, -0.05) is 18.2 Å². The maximum atomic E-state index is 12.1. The quantitative estimate of drug-likeness (QED) is 0.692. The summed E-state index contributed by atoms with van der Waals surface area (Å²) in [4.78, 5) is 0. The lowest BCUT2D eigenvalue weighted by Crippen LogP contribution is -2.16. The Hall–Kier alpha value is -2.28. The highest BCUT2D eigenvalue weighted by Gasteiger charge is 2.30. The molecule has 0 unspecified atom stereocenters. The van der Waals surface area contributed by atoms with Crippen LogP contribution in [0.15, 0.2) is 48.5 Å². The van der Waals surface area contributed by atoms with Crippen LogP contribution in [0.3, 0.4) is 0 Å². The lowest BCUT2D eigenvalue weighted by atomic mass is 10.2. The van der Waals surface area contributed by atoms with Crippen molar-refractivity contribution in [2.75, 3.05) is 0 Å². The molecule has 0 radical (unpaired) electrons. The molecule has 0 N–H and O–H groups in total. The van der Waals surface area contributed by atoms with Gasteiger partial charge in [-0.3, -0.25) is 0 Å². The van der Waals surface area contributed by atoms with E-state index in [0.717, 1.165) is 15.8 Å². The Morgan fingerprint density at radius 1 is 0.955 bits per heavy atom. The lowest BCUT2D eigenvalue weighted by Gasteiger charge is -2.09. The van der Waals surface area contributed by atoms with Crippen molar-refractivity contribution in [1.29, 1.82) is 0 Å². The number of fused-ring (bicyclic) bond motifs is 1. The van der Waals surface area contributed by atoms with E-state index in [1.165, 1.54) is 35.8 Å². The van der Waals surface area contributed by atoms with Crippen molar-refractivity contribution in [1.82, 2.24) is 4.37 Å². The second kappa shape index (κ2) is 5.84. The minimum Gasteiger partial charge on any atom is -0.487 e. The first kappa shape index (κ1) is 14.6. The van der Waals surface area contributed by atoms with Crippen molar-refractivity contribution in [3.63, 3.8) is 0 Å². The maximum Gasteiger partial charge on any atom is 0.573 e. The topological polar surface area (TPSA) is 31.4 Å². The highest BCUT2D eigenvalue weighted by molar-refractivity contribution is 7.13. The highest BCUT2D eigenvalue weighted by Crippen LogP contribution is 2.26. The van der Waals surface area contributed by atoms with Gasteiger partial charge in [-0.15, -0.1) is 13.2 Å². The number of hydrogen-bond acceptors (Lipinski definition) is 4. The van der Waals surface area contributed by atoms with E-state index in [-0.39, 0.29) is 12.4 Å². The summed E-state index contributed by atoms with van der Waals surface area (Å²) in [6, 6.07) is 13.1. The van der Waals surface area contributed by atoms with Crippen LogP contribution in [0.1, 0.15) is 5.69 Å². The van der Waals surface area contributed by atoms with Gasteiger partial charge >= 0.3 is 6.36 Å². The molecule has 0 atom stereocenters. The van der Waals surface area contributed by atoms with Crippen molar-refractivity contribution >= 4 is 21.6 Å². The third kappa shape index (κ3) is 3.48. The van der Waals surface area contributed by atoms with E-state index >= 15 is 0 Å². The predicted molar refractivity (Wildman–Crippen MR) is 77.1 cm³/mol. The van der Waals surface area contributed by atoms with Crippen LogP contribution >= 0.6 is 11.5 Å². The second-order valence-electron chi connectivity index (χ2n) is 4.43. The molecule has 0 aliphatic heterocycles. The SMILES string of the molecule is FC(F)(F)Oc1ccc(OCc2nsc3ccccc23)cc1. The van der Waals surface area contributed by atoms with E-state index in [1.54, 1.807) is 0 Å². The monoisotopic (exact) mass is 325 g/mol. The van der Waals surface area contributed by atoms with Crippen molar-refractivity contribution in [2.24, 2.45) is 0 Å². The number of rotatable bonds is 4. The Bertz CT molecular complexity index is 768. The van der Waals surface area contributed by atoms with E-state index in [2.05, 4.69) is 9.11 Å². The third-order valence-corrected chi connectivity index (χ3v) is 3.75. The molecule has 3 aromatic rings. The predicted octanol–water partition coefficient (Wildman–Crippen LogP) is 4.77. The summed E-state index contributed by atoms with van der Waals surface area (Å²) in [6.07, 6.45) is -4.69. The molecule has 1 heterocycles. The van der Waals surface area contributed by atoms with Gasteiger partial charge in [0.05, 0.1) is 10.4 Å². The zero-order chi connectivity index (χ0) is 15.6. The molecule has 0 aliphatic carbocycles. The average molecular weight is 325 g/mol. The molecular weight excluding hydrogens is 315 g/mol. The molecule has 7 heteroatoms. The van der Waals surface area contributed by atoms with E-state index in [9.17, 15) is 13.2 Å². The van der Waals surface area contributed by atoms with Crippen LogP contribution in [-0.2, 0) is 6.61 Å². The molecule has 22 heavy (non-hydrogen) atoms. The fraction of sp³-hybridized carbons (Fsp3) is 0.133. The van der Waals surface area contributed by atoms with Crippen LogP contribution in [-0.4, -0.2) is 10.7 Å². The number of ether oxygens (including phenoxy) is 2. The van der Waals surface area contributed by atoms with Crippen molar-refractivity contribution in [2.45, 2.75) is 13.0 Å². The zero-order valence-electron chi connectivity index (χ0n) is 11.1. The van der Waals surface area contributed by atoms with E-state index in [4.69, 9.17) is 4.74 Å². The van der Waals surface area contributed by atoms with Crippen molar-refractivity contribution in [3.8, 4) is 11.5 Å². The first-order chi connectivity index (χ1) is 10.5. The van der Waals surface area contributed by atoms with Crippen LogP contribution in [0, 0.1) is 0 Å². The minimum absolute atomic E-state index is 0.253. The van der Waals surface area contributed by atoms with Crippen molar-refractivity contribution in [3.05, 3.63) is 54.2 Å². The van der Waals surface area contributed by atoms with E-state index in [0.29, 0.717) is 5.75 Å². The molecule has 0 fully saturated rings. The maximum absolute atomic E-state index is 12.1. The first-order valence-corrected chi connectivity index (χ1v) is 7.10. The van der Waals surface area contributed by atoms with Gasteiger partial charge in [-0.05, 0) is 41.9 Å². The molecule has 3 nitrogen and oxygen atoms in total. The van der Waals surface area contributed by atoms with Crippen molar-refractivity contribution < 1.29 is 22.6 Å². The fourth-order valence-corrected chi connectivity index (χ4v) is 2.71. The molecule has 3 rings (SSSR count). The largest absolute Gasteiger partial charge is 0.573 e. The minimum atomic E-state index is -4.69. The number of halogens is 3. The average Bonchev–Trinajstić information content (AvgIpc) is 2.88. The molecule has 2 aromatic carbocycles. The summed E-state index contributed by atoms with van der Waals surface area (Å²) >= 11 is 1.38. The lowest BCUT2D eigenvalue weighted by molar-refractivity contribution is -0.274. The molecule has 0 aliphatic rings. The van der Waals surface area contributed by atoms with E-state index in [1.807, 2.05) is 24.3 Å². The van der Waals surface area contributed by atoms with Gasteiger partial charge in [-0.25, -0.2) is 0 Å². The van der Waals surface area contributed by atoms with Crippen LogP contribution in [0.5, 0.6) is 11.5 Å². The smallest absolute Gasteiger partial charge is 0.487 e. The van der Waals surface area contributed by atoms with Crippen LogP contribution in [0.25, 0.3) is 10.1 Å². The molecule has 0 bridgehead atoms. The Balaban J connectivity index is 1.66. The number of hydrogen-bond donors (Lipinski definition) is 0. The zero-order valence-corrected chi connectivity index (χ0v) is 11.9. The van der Waals surface area contributed by atoms with Crippen LogP contribution < -0.4 is 9.47 Å². The first-order valence-electron chi connectivity index (χ1n) is 6.33. The third-order valence-electron chi connectivity index (χ3n) is 2.89. The summed E-state index contributed by atoms with van der Waals surface area (Å²) in [5.74, 6) is 0.172. The van der Waals surface area contributed by atoms with Gasteiger partial charge in [0.15, 0.2) is 0 Å². The number of aromatic nitrogens is 1. The summed E-state index contributed by atoms with van der Waals surface area (Å²) in [7, 11) is 0. The molecular formula is C15H10F3NO2S. The van der Waals surface area contributed by atoms with Gasteiger partial charge in [0.1, 0.15) is 18.1 Å². The molecule has 0 saturated carbocycles. The molecule has 0 spiro atoms. The van der Waals surface area contributed by atoms with Gasteiger partial charge in [0.2, 0.25) is 0 Å². The van der Waals surface area contributed by atoms with Gasteiger partial charge < -0.3 is 9.47 Å². The highest BCUT2D eigenvalue weighted by atomic mass is 32.1. The fourth-order valence-electron chi connectivity index (χ4n) is 1.93. The summed E-state index contributed by atoms with van der Waals surface area (Å²) in [5.41, 5.74) is 0.802. The summed E-state index contributed by atoms with van der Waals surface area (Å²) in [5, 5.41) is 1.02. The number of nitrogens with zero attached hydrogens (tertiary/aromatic N) is 1. The van der Waals surface area contributed by atoms with Crippen LogP contribution in [0.4, 0.5) is 13.2 Å². The van der Waals surface area contributed by atoms with Crippen LogP contribution in [0.2, 0.25) is 0 Å². The molecule has 0 saturated heterocycles. The Kier molecular flexibility index (Phi) is 3.89. The molecule has 0 amide bonds. The Labute approximate surface area is 128 Å². The normalized spacial score (nSPS) is 11.6. The Morgan fingerprint density at radius 2 is 1.64 bits per heavy atom. The Morgan fingerprint density at radius 3 is 2.36 bits per heavy atom. The molecule has 1 aromatic heterocycles. The number of alkyl halides is 3. The molecule has 114 valence electrons. The summed E-state index contributed by atoms with van der Waals surface area (Å²) in [6.45, 7) is 0.253. The van der Waals surface area contributed by atoms with E-state index < -0.39 is 6.36 Å².